The van der Waals surface area contributed by atoms with Gasteiger partial charge in [0.25, 0.3) is 0 Å². The molecule has 0 aromatic heterocycles. The van der Waals surface area contributed by atoms with Crippen molar-refractivity contribution in [2.24, 2.45) is 0 Å². The van der Waals surface area contributed by atoms with Crippen molar-refractivity contribution in [1.82, 2.24) is 0 Å². The number of phenolic OH excluding ortho intramolecular Hbond substituents is 2. The summed E-state index contributed by atoms with van der Waals surface area (Å²) in [5, 5.41) is 19.4. The third-order valence-corrected chi connectivity index (χ3v) is 2.39. The van der Waals surface area contributed by atoms with Crippen molar-refractivity contribution in [3.05, 3.63) is 48.5 Å². The molecule has 2 aromatic rings. The van der Waals surface area contributed by atoms with Gasteiger partial charge in [0.1, 0.15) is 11.5 Å². The van der Waals surface area contributed by atoms with Crippen LogP contribution in [0.5, 0.6) is 11.5 Å². The molecule has 0 radical (unpaired) electrons. The molecule has 0 aliphatic rings. The number of amides is 1. The predicted molar refractivity (Wildman–Crippen MR) is 64.4 cm³/mol. The molecule has 4 nitrogen and oxygen atoms in total. The van der Waals surface area contributed by atoms with Gasteiger partial charge < -0.3 is 10.2 Å². The minimum atomic E-state index is -0.0251. The van der Waals surface area contributed by atoms with Crippen LogP contribution in [0.3, 0.4) is 0 Å². The number of hydrogen-bond donors (Lipinski definition) is 2. The molecule has 17 heavy (non-hydrogen) atoms. The number of anilines is 2. The van der Waals surface area contributed by atoms with Crippen LogP contribution in [0.4, 0.5) is 11.4 Å². The normalized spacial score (nSPS) is 9.88. The molecule has 0 aliphatic heterocycles. The van der Waals surface area contributed by atoms with Gasteiger partial charge in [0.2, 0.25) is 6.41 Å². The van der Waals surface area contributed by atoms with Crippen molar-refractivity contribution < 1.29 is 15.0 Å². The van der Waals surface area contributed by atoms with Crippen LogP contribution in [0, 0.1) is 0 Å². The molecule has 0 heterocycles. The Morgan fingerprint density at radius 1 is 0.824 bits per heavy atom. The lowest BCUT2D eigenvalue weighted by molar-refractivity contribution is -0.106. The van der Waals surface area contributed by atoms with Crippen LogP contribution in [0.15, 0.2) is 48.5 Å². The maximum absolute atomic E-state index is 11.1. The third kappa shape index (κ3) is 2.06. The maximum atomic E-state index is 11.1. The molecule has 0 aliphatic carbocycles. The van der Waals surface area contributed by atoms with E-state index in [4.69, 9.17) is 0 Å². The SMILES string of the molecule is O=CN(c1ccccc1O)c1ccccc1O. The highest BCUT2D eigenvalue weighted by Gasteiger charge is 2.14. The lowest BCUT2D eigenvalue weighted by Gasteiger charge is -2.19. The van der Waals surface area contributed by atoms with E-state index in [2.05, 4.69) is 0 Å². The van der Waals surface area contributed by atoms with Gasteiger partial charge in [-0.2, -0.15) is 0 Å². The van der Waals surface area contributed by atoms with Gasteiger partial charge in [-0.3, -0.25) is 9.69 Å². The average molecular weight is 229 g/mol. The number of para-hydroxylation sites is 4. The zero-order valence-electron chi connectivity index (χ0n) is 8.95. The molecule has 0 saturated heterocycles. The summed E-state index contributed by atoms with van der Waals surface area (Å²) in [6, 6.07) is 12.9. The largest absolute Gasteiger partial charge is 0.506 e. The van der Waals surface area contributed by atoms with Gasteiger partial charge in [-0.15, -0.1) is 0 Å². The van der Waals surface area contributed by atoms with Crippen molar-refractivity contribution in [3.8, 4) is 11.5 Å². The van der Waals surface area contributed by atoms with Crippen LogP contribution in [0.1, 0.15) is 0 Å². The van der Waals surface area contributed by atoms with Crippen molar-refractivity contribution in [2.45, 2.75) is 0 Å². The average Bonchev–Trinajstić information content (AvgIpc) is 2.34. The highest BCUT2D eigenvalue weighted by molar-refractivity contribution is 5.90. The molecule has 4 heteroatoms. The number of phenols is 2. The van der Waals surface area contributed by atoms with Crippen LogP contribution in [-0.4, -0.2) is 16.6 Å². The van der Waals surface area contributed by atoms with E-state index in [1.807, 2.05) is 0 Å². The summed E-state index contributed by atoms with van der Waals surface area (Å²) in [7, 11) is 0. The van der Waals surface area contributed by atoms with Crippen LogP contribution < -0.4 is 4.90 Å². The number of nitrogens with zero attached hydrogens (tertiary/aromatic N) is 1. The standard InChI is InChI=1S/C13H11NO3/c15-9-14(10-5-1-3-7-12(10)16)11-6-2-4-8-13(11)17/h1-9,16-17H. The minimum Gasteiger partial charge on any atom is -0.506 e. The molecule has 0 atom stereocenters. The van der Waals surface area contributed by atoms with E-state index in [1.54, 1.807) is 36.4 Å². The van der Waals surface area contributed by atoms with Gasteiger partial charge in [0, 0.05) is 0 Å². The molecular formula is C13H11NO3. The Labute approximate surface area is 98.4 Å². The lowest BCUT2D eigenvalue weighted by Crippen LogP contribution is -2.14. The van der Waals surface area contributed by atoms with Gasteiger partial charge in [-0.05, 0) is 24.3 Å². The minimum absolute atomic E-state index is 0.0251. The Morgan fingerprint density at radius 3 is 1.59 bits per heavy atom. The smallest absolute Gasteiger partial charge is 0.218 e. The summed E-state index contributed by atoms with van der Waals surface area (Å²) in [4.78, 5) is 12.3. The van der Waals surface area contributed by atoms with Crippen LogP contribution >= 0.6 is 0 Å². The van der Waals surface area contributed by atoms with E-state index in [1.165, 1.54) is 17.0 Å². The first-order chi connectivity index (χ1) is 8.24. The molecular weight excluding hydrogens is 218 g/mol. The molecule has 2 N–H and O–H groups in total. The fraction of sp³-hybridized carbons (Fsp3) is 0. The molecule has 0 spiro atoms. The predicted octanol–water partition coefficient (Wildman–Crippen LogP) is 2.39. The van der Waals surface area contributed by atoms with Crippen LogP contribution in [-0.2, 0) is 4.79 Å². The van der Waals surface area contributed by atoms with Gasteiger partial charge in [0.15, 0.2) is 0 Å². The number of carbonyl (C=O) groups excluding carboxylic acids is 1. The number of benzene rings is 2. The number of rotatable bonds is 3. The summed E-state index contributed by atoms with van der Waals surface area (Å²) >= 11 is 0. The molecule has 0 bridgehead atoms. The Hall–Kier alpha value is -2.49. The van der Waals surface area contributed by atoms with Gasteiger partial charge >= 0.3 is 0 Å². The van der Waals surface area contributed by atoms with E-state index in [9.17, 15) is 15.0 Å². The first-order valence-electron chi connectivity index (χ1n) is 5.04. The van der Waals surface area contributed by atoms with E-state index >= 15 is 0 Å². The number of aromatic hydroxyl groups is 2. The summed E-state index contributed by atoms with van der Waals surface area (Å²) in [6.45, 7) is 0. The van der Waals surface area contributed by atoms with Crippen molar-refractivity contribution in [1.29, 1.82) is 0 Å². The van der Waals surface area contributed by atoms with E-state index in [0.717, 1.165) is 0 Å². The second kappa shape index (κ2) is 4.57. The molecule has 1 amide bonds. The van der Waals surface area contributed by atoms with Crippen LogP contribution in [0.25, 0.3) is 0 Å². The fourth-order valence-corrected chi connectivity index (χ4v) is 1.58. The summed E-state index contributed by atoms with van der Waals surface area (Å²) in [6.07, 6.45) is 0.546. The second-order valence-corrected chi connectivity index (χ2v) is 3.45. The molecule has 2 aromatic carbocycles. The van der Waals surface area contributed by atoms with E-state index in [-0.39, 0.29) is 11.5 Å². The zero-order chi connectivity index (χ0) is 12.3. The van der Waals surface area contributed by atoms with E-state index < -0.39 is 0 Å². The Kier molecular flexibility index (Phi) is 2.96. The Bertz CT molecular complexity index is 494. The third-order valence-electron chi connectivity index (χ3n) is 2.39. The zero-order valence-corrected chi connectivity index (χ0v) is 8.95. The maximum Gasteiger partial charge on any atom is 0.218 e. The molecule has 86 valence electrons. The monoisotopic (exact) mass is 229 g/mol. The molecule has 0 fully saturated rings. The topological polar surface area (TPSA) is 60.8 Å². The highest BCUT2D eigenvalue weighted by atomic mass is 16.3. The summed E-state index contributed by atoms with van der Waals surface area (Å²) in [5.74, 6) is -0.0503. The van der Waals surface area contributed by atoms with Crippen molar-refractivity contribution in [2.75, 3.05) is 4.90 Å². The number of carbonyl (C=O) groups is 1. The fourth-order valence-electron chi connectivity index (χ4n) is 1.58. The van der Waals surface area contributed by atoms with Gasteiger partial charge in [-0.1, -0.05) is 24.3 Å². The quantitative estimate of drug-likeness (QED) is 0.794. The lowest BCUT2D eigenvalue weighted by atomic mass is 10.2. The summed E-state index contributed by atoms with van der Waals surface area (Å²) in [5.41, 5.74) is 0.646. The first kappa shape index (κ1) is 11.0. The molecule has 2 rings (SSSR count). The first-order valence-corrected chi connectivity index (χ1v) is 5.04. The van der Waals surface area contributed by atoms with Crippen molar-refractivity contribution >= 4 is 17.8 Å². The van der Waals surface area contributed by atoms with Crippen molar-refractivity contribution in [3.63, 3.8) is 0 Å². The second-order valence-electron chi connectivity index (χ2n) is 3.45. The van der Waals surface area contributed by atoms with Gasteiger partial charge in [-0.25, -0.2) is 0 Å². The summed E-state index contributed by atoms with van der Waals surface area (Å²) < 4.78 is 0. The Balaban J connectivity index is 2.52. The molecule has 0 unspecified atom stereocenters. The number of hydrogen-bond acceptors (Lipinski definition) is 3. The van der Waals surface area contributed by atoms with E-state index in [0.29, 0.717) is 17.8 Å². The molecule has 0 saturated carbocycles. The van der Waals surface area contributed by atoms with Crippen LogP contribution in [0.2, 0.25) is 0 Å². The van der Waals surface area contributed by atoms with Gasteiger partial charge in [0.05, 0.1) is 11.4 Å². The Morgan fingerprint density at radius 2 is 1.24 bits per heavy atom. The highest BCUT2D eigenvalue weighted by Crippen LogP contribution is 2.35.